The van der Waals surface area contributed by atoms with Crippen LogP contribution in [0.4, 0.5) is 0 Å². The number of hydrogen-bond acceptors (Lipinski definition) is 4. The SMILES string of the molecule is COc1cc2c(-c3ccccc3)c(-c3ccccc3)oc2cc1/C(O)=C/C(C)=O. The van der Waals surface area contributed by atoms with E-state index in [2.05, 4.69) is 0 Å². The van der Waals surface area contributed by atoms with Crippen molar-refractivity contribution in [1.82, 2.24) is 0 Å². The Hall–Kier alpha value is -3.79. The molecule has 4 nitrogen and oxygen atoms in total. The molecule has 0 atom stereocenters. The number of furan rings is 1. The van der Waals surface area contributed by atoms with Crippen LogP contribution in [-0.2, 0) is 4.79 Å². The fourth-order valence-electron chi connectivity index (χ4n) is 3.45. The second-order valence-corrected chi connectivity index (χ2v) is 6.73. The third kappa shape index (κ3) is 3.52. The summed E-state index contributed by atoms with van der Waals surface area (Å²) in [5.41, 5.74) is 3.92. The van der Waals surface area contributed by atoms with Crippen LogP contribution in [0.2, 0.25) is 0 Å². The number of methoxy groups -OCH3 is 1. The number of benzene rings is 3. The van der Waals surface area contributed by atoms with E-state index in [4.69, 9.17) is 9.15 Å². The van der Waals surface area contributed by atoms with E-state index in [0.29, 0.717) is 16.9 Å². The van der Waals surface area contributed by atoms with E-state index in [1.165, 1.54) is 20.1 Å². The van der Waals surface area contributed by atoms with Gasteiger partial charge in [0.1, 0.15) is 22.9 Å². The van der Waals surface area contributed by atoms with Crippen molar-refractivity contribution < 1.29 is 19.1 Å². The highest BCUT2D eigenvalue weighted by atomic mass is 16.5. The molecule has 1 aromatic heterocycles. The molecule has 0 spiro atoms. The summed E-state index contributed by atoms with van der Waals surface area (Å²) in [6.45, 7) is 1.38. The van der Waals surface area contributed by atoms with Crippen LogP contribution in [0.5, 0.6) is 5.75 Å². The van der Waals surface area contributed by atoms with Crippen molar-refractivity contribution in [2.24, 2.45) is 0 Å². The lowest BCUT2D eigenvalue weighted by molar-refractivity contribution is -0.112. The largest absolute Gasteiger partial charge is 0.507 e. The second kappa shape index (κ2) is 7.68. The molecule has 0 fully saturated rings. The number of fused-ring (bicyclic) bond motifs is 1. The molecule has 0 bridgehead atoms. The zero-order chi connectivity index (χ0) is 20.4. The van der Waals surface area contributed by atoms with Crippen molar-refractivity contribution in [2.45, 2.75) is 6.92 Å². The Bertz CT molecular complexity index is 1200. The Morgan fingerprint density at radius 1 is 0.966 bits per heavy atom. The molecule has 1 heterocycles. The third-order valence-electron chi connectivity index (χ3n) is 4.72. The smallest absolute Gasteiger partial charge is 0.156 e. The highest BCUT2D eigenvalue weighted by Crippen LogP contribution is 2.43. The molecule has 0 amide bonds. The molecule has 29 heavy (non-hydrogen) atoms. The first-order valence-electron chi connectivity index (χ1n) is 9.25. The van der Waals surface area contributed by atoms with Crippen LogP contribution < -0.4 is 4.74 Å². The lowest BCUT2D eigenvalue weighted by atomic mass is 9.97. The van der Waals surface area contributed by atoms with Crippen molar-refractivity contribution in [2.75, 3.05) is 7.11 Å². The Morgan fingerprint density at radius 2 is 1.59 bits per heavy atom. The maximum Gasteiger partial charge on any atom is 0.156 e. The number of ether oxygens (including phenoxy) is 1. The van der Waals surface area contributed by atoms with Crippen molar-refractivity contribution in [1.29, 1.82) is 0 Å². The van der Waals surface area contributed by atoms with Gasteiger partial charge in [0.25, 0.3) is 0 Å². The van der Waals surface area contributed by atoms with Crippen molar-refractivity contribution in [3.8, 4) is 28.2 Å². The zero-order valence-corrected chi connectivity index (χ0v) is 16.2. The van der Waals surface area contributed by atoms with Crippen molar-refractivity contribution >= 4 is 22.5 Å². The van der Waals surface area contributed by atoms with Crippen LogP contribution in [0, 0.1) is 0 Å². The van der Waals surface area contributed by atoms with Gasteiger partial charge < -0.3 is 14.3 Å². The number of aliphatic hydroxyl groups excluding tert-OH is 1. The number of ketones is 1. The van der Waals surface area contributed by atoms with Crippen LogP contribution in [0.15, 0.2) is 83.3 Å². The number of hydrogen-bond donors (Lipinski definition) is 1. The van der Waals surface area contributed by atoms with Gasteiger partial charge in [-0.05, 0) is 24.6 Å². The van der Waals surface area contributed by atoms with Gasteiger partial charge in [-0.15, -0.1) is 0 Å². The van der Waals surface area contributed by atoms with Gasteiger partial charge in [-0.25, -0.2) is 0 Å². The van der Waals surface area contributed by atoms with Crippen molar-refractivity contribution in [3.63, 3.8) is 0 Å². The highest BCUT2D eigenvalue weighted by Gasteiger charge is 2.21. The van der Waals surface area contributed by atoms with Gasteiger partial charge in [0, 0.05) is 22.6 Å². The normalized spacial score (nSPS) is 11.6. The fourth-order valence-corrected chi connectivity index (χ4v) is 3.45. The summed E-state index contributed by atoms with van der Waals surface area (Å²) in [6, 6.07) is 23.4. The van der Waals surface area contributed by atoms with Gasteiger partial charge in [0.2, 0.25) is 0 Å². The first-order chi connectivity index (χ1) is 14.1. The van der Waals surface area contributed by atoms with E-state index >= 15 is 0 Å². The van der Waals surface area contributed by atoms with E-state index in [-0.39, 0.29) is 11.5 Å². The molecule has 0 saturated carbocycles. The minimum absolute atomic E-state index is 0.157. The molecule has 1 N–H and O–H groups in total. The van der Waals surface area contributed by atoms with Crippen LogP contribution >= 0.6 is 0 Å². The average Bonchev–Trinajstić information content (AvgIpc) is 3.12. The molecule has 0 unspecified atom stereocenters. The topological polar surface area (TPSA) is 59.7 Å². The van der Waals surface area contributed by atoms with Gasteiger partial charge in [-0.1, -0.05) is 60.7 Å². The first kappa shape index (κ1) is 18.6. The van der Waals surface area contributed by atoms with E-state index in [9.17, 15) is 9.90 Å². The Balaban J connectivity index is 2.04. The zero-order valence-electron chi connectivity index (χ0n) is 16.2. The van der Waals surface area contributed by atoms with Crippen molar-refractivity contribution in [3.05, 3.63) is 84.4 Å². The quantitative estimate of drug-likeness (QED) is 0.326. The summed E-state index contributed by atoms with van der Waals surface area (Å²) in [4.78, 5) is 11.4. The number of carbonyl (C=O) groups excluding carboxylic acids is 1. The lowest BCUT2D eigenvalue weighted by Gasteiger charge is -2.08. The molecule has 0 saturated heterocycles. The van der Waals surface area contributed by atoms with Gasteiger partial charge in [0.05, 0.1) is 12.7 Å². The number of rotatable bonds is 5. The number of carbonyl (C=O) groups is 1. The molecule has 144 valence electrons. The molecule has 0 aliphatic heterocycles. The van der Waals surface area contributed by atoms with E-state index in [1.54, 1.807) is 6.07 Å². The fraction of sp³-hybridized carbons (Fsp3) is 0.0800. The number of aliphatic hydroxyl groups is 1. The molecular weight excluding hydrogens is 364 g/mol. The van der Waals surface area contributed by atoms with Crippen LogP contribution in [0.1, 0.15) is 12.5 Å². The molecule has 4 aromatic rings. The molecule has 0 aliphatic rings. The summed E-state index contributed by atoms with van der Waals surface area (Å²) in [6.07, 6.45) is 1.17. The summed E-state index contributed by atoms with van der Waals surface area (Å²) >= 11 is 0. The van der Waals surface area contributed by atoms with Gasteiger partial charge in [-0.3, -0.25) is 4.79 Å². The molecule has 4 heteroatoms. The molecule has 4 rings (SSSR count). The highest BCUT2D eigenvalue weighted by molar-refractivity contribution is 6.04. The monoisotopic (exact) mass is 384 g/mol. The number of allylic oxidation sites excluding steroid dienone is 1. The minimum Gasteiger partial charge on any atom is -0.507 e. The van der Waals surface area contributed by atoms with Crippen LogP contribution in [-0.4, -0.2) is 18.0 Å². The molecule has 0 radical (unpaired) electrons. The third-order valence-corrected chi connectivity index (χ3v) is 4.72. The molecule has 3 aromatic carbocycles. The molecular formula is C25H20O4. The predicted molar refractivity (Wildman–Crippen MR) is 115 cm³/mol. The predicted octanol–water partition coefficient (Wildman–Crippen LogP) is 6.26. The van der Waals surface area contributed by atoms with Crippen LogP contribution in [0.3, 0.4) is 0 Å². The second-order valence-electron chi connectivity index (χ2n) is 6.73. The van der Waals surface area contributed by atoms with Gasteiger partial charge in [0.15, 0.2) is 5.78 Å². The maximum absolute atomic E-state index is 11.4. The average molecular weight is 384 g/mol. The summed E-state index contributed by atoms with van der Waals surface area (Å²) in [5, 5.41) is 11.3. The van der Waals surface area contributed by atoms with E-state index in [1.807, 2.05) is 66.7 Å². The lowest BCUT2D eigenvalue weighted by Crippen LogP contribution is -1.94. The summed E-state index contributed by atoms with van der Waals surface area (Å²) < 4.78 is 11.8. The summed E-state index contributed by atoms with van der Waals surface area (Å²) in [5.74, 6) is 0.792. The van der Waals surface area contributed by atoms with E-state index < -0.39 is 0 Å². The van der Waals surface area contributed by atoms with Crippen LogP contribution in [0.25, 0.3) is 39.2 Å². The maximum atomic E-state index is 11.4. The Kier molecular flexibility index (Phi) is 4.92. The Labute approximate surface area is 168 Å². The first-order valence-corrected chi connectivity index (χ1v) is 9.25. The molecule has 0 aliphatic carbocycles. The van der Waals surface area contributed by atoms with E-state index in [0.717, 1.165) is 27.8 Å². The minimum atomic E-state index is -0.251. The Morgan fingerprint density at radius 3 is 2.17 bits per heavy atom. The standard InChI is InChI=1S/C25H20O4/c1-16(26)13-21(27)19-14-23-20(15-22(19)28-2)24(17-9-5-3-6-10-17)25(29-23)18-11-7-4-8-12-18/h3-15,27H,1-2H3/b21-13-. The summed E-state index contributed by atoms with van der Waals surface area (Å²) in [7, 11) is 1.53. The van der Waals surface area contributed by atoms with Gasteiger partial charge in [-0.2, -0.15) is 0 Å². The van der Waals surface area contributed by atoms with Gasteiger partial charge >= 0.3 is 0 Å².